The van der Waals surface area contributed by atoms with Gasteiger partial charge in [-0.15, -0.1) is 0 Å². The highest BCUT2D eigenvalue weighted by atomic mass is 28.3. The zero-order valence-corrected chi connectivity index (χ0v) is 11.9. The SMILES string of the molecule is CCC[SiH2]C.CCO[SiH2]OCC. The maximum absolute atomic E-state index is 4.99. The van der Waals surface area contributed by atoms with Crippen LogP contribution >= 0.6 is 0 Å². The molecule has 0 heterocycles. The molecular weight excluding hydrogens is 184 g/mol. The second kappa shape index (κ2) is 17.4. The summed E-state index contributed by atoms with van der Waals surface area (Å²) in [5.74, 6) is 0. The summed E-state index contributed by atoms with van der Waals surface area (Å²) in [6.07, 6.45) is 1.41. The van der Waals surface area contributed by atoms with Gasteiger partial charge in [0.15, 0.2) is 0 Å². The smallest absolute Gasteiger partial charge is 0.304 e. The average molecular weight is 208 g/mol. The summed E-state index contributed by atoms with van der Waals surface area (Å²) in [7, 11) is -0.175. The fourth-order valence-corrected chi connectivity index (χ4v) is 1.74. The van der Waals surface area contributed by atoms with Crippen molar-refractivity contribution in [3.8, 4) is 0 Å². The normalized spacial score (nSPS) is 10.0. The van der Waals surface area contributed by atoms with Gasteiger partial charge in [-0.3, -0.25) is 0 Å². The summed E-state index contributed by atoms with van der Waals surface area (Å²) >= 11 is 0. The van der Waals surface area contributed by atoms with Gasteiger partial charge in [0.05, 0.1) is 0 Å². The Bertz CT molecular complexity index is 57.0. The standard InChI is InChI=1S/C4H12O2Si.C4H12Si/c1-3-5-7-6-4-2;1-3-4-5-2/h3-4,7H2,1-2H3;3-5H2,1-2H3. The van der Waals surface area contributed by atoms with Crippen LogP contribution in [0.2, 0.25) is 12.6 Å². The van der Waals surface area contributed by atoms with E-state index in [9.17, 15) is 0 Å². The molecule has 12 heavy (non-hydrogen) atoms. The fourth-order valence-electron chi connectivity index (χ4n) is 0.579. The van der Waals surface area contributed by atoms with E-state index in [0.29, 0.717) is 9.52 Å². The second-order valence-electron chi connectivity index (χ2n) is 2.46. The minimum Gasteiger partial charge on any atom is -0.399 e. The molecule has 0 aromatic heterocycles. The van der Waals surface area contributed by atoms with Crippen LogP contribution in [0.25, 0.3) is 0 Å². The Morgan fingerprint density at radius 2 is 1.50 bits per heavy atom. The van der Waals surface area contributed by atoms with Crippen LogP contribution in [0, 0.1) is 0 Å². The van der Waals surface area contributed by atoms with E-state index in [1.807, 2.05) is 13.8 Å². The largest absolute Gasteiger partial charge is 0.399 e. The van der Waals surface area contributed by atoms with Crippen molar-refractivity contribution in [2.24, 2.45) is 0 Å². The van der Waals surface area contributed by atoms with E-state index < -0.39 is 10.0 Å². The number of hydrogen-bond donors (Lipinski definition) is 0. The third-order valence-corrected chi connectivity index (χ3v) is 3.85. The first-order valence-corrected chi connectivity index (χ1v) is 8.55. The van der Waals surface area contributed by atoms with E-state index in [1.165, 1.54) is 12.5 Å². The Labute approximate surface area is 81.9 Å². The van der Waals surface area contributed by atoms with Gasteiger partial charge in [0.25, 0.3) is 0 Å². The van der Waals surface area contributed by atoms with Gasteiger partial charge in [-0.25, -0.2) is 0 Å². The molecule has 0 aromatic carbocycles. The molecule has 0 unspecified atom stereocenters. The zero-order valence-electron chi connectivity index (χ0n) is 9.06. The zero-order chi connectivity index (χ0) is 9.66. The van der Waals surface area contributed by atoms with E-state index in [1.54, 1.807) is 0 Å². The molecule has 4 heteroatoms. The van der Waals surface area contributed by atoms with Crippen molar-refractivity contribution >= 4 is 19.5 Å². The Morgan fingerprint density at radius 3 is 1.67 bits per heavy atom. The van der Waals surface area contributed by atoms with Crippen molar-refractivity contribution in [2.75, 3.05) is 13.2 Å². The molecule has 0 radical (unpaired) electrons. The van der Waals surface area contributed by atoms with Crippen molar-refractivity contribution in [1.82, 2.24) is 0 Å². The first-order valence-electron chi connectivity index (χ1n) is 4.98. The van der Waals surface area contributed by atoms with Gasteiger partial charge in [-0.2, -0.15) is 0 Å². The summed E-state index contributed by atoms with van der Waals surface area (Å²) in [6.45, 7) is 10.1. The van der Waals surface area contributed by atoms with E-state index in [4.69, 9.17) is 8.85 Å². The van der Waals surface area contributed by atoms with Crippen LogP contribution in [0.1, 0.15) is 27.2 Å². The van der Waals surface area contributed by atoms with Crippen LogP contribution in [0.15, 0.2) is 0 Å². The van der Waals surface area contributed by atoms with Gasteiger partial charge in [-0.05, 0) is 13.8 Å². The van der Waals surface area contributed by atoms with E-state index in [-0.39, 0.29) is 0 Å². The van der Waals surface area contributed by atoms with Gasteiger partial charge in [0.1, 0.15) is 0 Å². The molecule has 0 saturated heterocycles. The molecule has 0 aliphatic carbocycles. The van der Waals surface area contributed by atoms with Crippen LogP contribution in [0.3, 0.4) is 0 Å². The highest BCUT2D eigenvalue weighted by Gasteiger charge is 1.79. The van der Waals surface area contributed by atoms with E-state index in [2.05, 4.69) is 13.5 Å². The number of hydrogen-bond acceptors (Lipinski definition) is 2. The van der Waals surface area contributed by atoms with Gasteiger partial charge in [0.2, 0.25) is 0 Å². The quantitative estimate of drug-likeness (QED) is 0.481. The molecular formula is C8H24O2Si2. The van der Waals surface area contributed by atoms with Crippen molar-refractivity contribution in [2.45, 2.75) is 39.8 Å². The minimum absolute atomic E-state index is 0.414. The van der Waals surface area contributed by atoms with Crippen molar-refractivity contribution in [3.05, 3.63) is 0 Å². The number of rotatable bonds is 6. The lowest BCUT2D eigenvalue weighted by atomic mass is 10.6. The third kappa shape index (κ3) is 22.4. The third-order valence-electron chi connectivity index (χ3n) is 1.28. The summed E-state index contributed by atoms with van der Waals surface area (Å²) < 4.78 is 9.98. The van der Waals surface area contributed by atoms with Crippen molar-refractivity contribution in [1.29, 1.82) is 0 Å². The van der Waals surface area contributed by atoms with E-state index in [0.717, 1.165) is 13.2 Å². The Morgan fingerprint density at radius 1 is 1.00 bits per heavy atom. The maximum Gasteiger partial charge on any atom is 0.304 e. The lowest BCUT2D eigenvalue weighted by Crippen LogP contribution is -2.02. The molecule has 0 N–H and O–H groups in total. The molecule has 0 rings (SSSR count). The molecule has 0 amide bonds. The summed E-state index contributed by atoms with van der Waals surface area (Å²) in [5.41, 5.74) is 0. The van der Waals surface area contributed by atoms with Gasteiger partial charge >= 0.3 is 10.0 Å². The molecule has 2 nitrogen and oxygen atoms in total. The predicted octanol–water partition coefficient (Wildman–Crippen LogP) is 1.09. The Hall–Kier alpha value is 0.354. The second-order valence-corrected chi connectivity index (χ2v) is 5.22. The topological polar surface area (TPSA) is 18.5 Å². The monoisotopic (exact) mass is 208 g/mol. The fraction of sp³-hybridized carbons (Fsp3) is 1.00. The molecule has 0 fully saturated rings. The first kappa shape index (κ1) is 14.9. The van der Waals surface area contributed by atoms with Crippen molar-refractivity contribution < 1.29 is 8.85 Å². The van der Waals surface area contributed by atoms with Crippen LogP contribution in [-0.2, 0) is 8.85 Å². The molecule has 0 aliphatic rings. The average Bonchev–Trinajstić information content (AvgIpc) is 2.08. The Kier molecular flexibility index (Phi) is 21.6. The van der Waals surface area contributed by atoms with Crippen LogP contribution in [-0.4, -0.2) is 32.7 Å². The first-order chi connectivity index (χ1) is 5.83. The van der Waals surface area contributed by atoms with Crippen LogP contribution < -0.4 is 0 Å². The molecule has 0 aliphatic heterocycles. The summed E-state index contributed by atoms with van der Waals surface area (Å²) in [4.78, 5) is 0. The highest BCUT2D eigenvalue weighted by molar-refractivity contribution is 6.33. The minimum atomic E-state index is -0.589. The lowest BCUT2D eigenvalue weighted by molar-refractivity contribution is 0.240. The van der Waals surface area contributed by atoms with Gasteiger partial charge in [-0.1, -0.05) is 25.9 Å². The maximum atomic E-state index is 4.99. The summed E-state index contributed by atoms with van der Waals surface area (Å²) in [6, 6.07) is 1.53. The highest BCUT2D eigenvalue weighted by Crippen LogP contribution is 1.81. The Balaban J connectivity index is 0. The predicted molar refractivity (Wildman–Crippen MR) is 61.3 cm³/mol. The molecule has 0 spiro atoms. The molecule has 0 atom stereocenters. The van der Waals surface area contributed by atoms with Crippen molar-refractivity contribution in [3.63, 3.8) is 0 Å². The molecule has 0 bridgehead atoms. The van der Waals surface area contributed by atoms with Gasteiger partial charge < -0.3 is 8.85 Å². The van der Waals surface area contributed by atoms with Crippen LogP contribution in [0.5, 0.6) is 0 Å². The molecule has 76 valence electrons. The lowest BCUT2D eigenvalue weighted by Gasteiger charge is -1.96. The molecule has 0 saturated carbocycles. The summed E-state index contributed by atoms with van der Waals surface area (Å²) in [5, 5.41) is 0. The van der Waals surface area contributed by atoms with E-state index >= 15 is 0 Å². The van der Waals surface area contributed by atoms with Crippen LogP contribution in [0.4, 0.5) is 0 Å². The van der Waals surface area contributed by atoms with Gasteiger partial charge in [0, 0.05) is 22.7 Å². The molecule has 0 aromatic rings.